The average Bonchev–Trinajstić information content (AvgIpc) is 2.70. The fourth-order valence-corrected chi connectivity index (χ4v) is 2.45. The van der Waals surface area contributed by atoms with Crippen LogP contribution in [0.3, 0.4) is 0 Å². The molecule has 0 aliphatic carbocycles. The van der Waals surface area contributed by atoms with E-state index in [9.17, 15) is 0 Å². The highest BCUT2D eigenvalue weighted by atomic mass is 16.5. The lowest BCUT2D eigenvalue weighted by molar-refractivity contribution is 0.0842. The third kappa shape index (κ3) is 2.72. The summed E-state index contributed by atoms with van der Waals surface area (Å²) in [6.45, 7) is 5.06. The van der Waals surface area contributed by atoms with Gasteiger partial charge in [0, 0.05) is 18.2 Å². The first kappa shape index (κ1) is 13.1. The van der Waals surface area contributed by atoms with E-state index in [2.05, 4.69) is 37.4 Å². The molecule has 3 nitrogen and oxygen atoms in total. The first-order valence-electron chi connectivity index (χ1n) is 6.47. The lowest BCUT2D eigenvalue weighted by Gasteiger charge is -2.33. The topological polar surface area (TPSA) is 45.0 Å². The summed E-state index contributed by atoms with van der Waals surface area (Å²) in [7, 11) is 0. The number of nitrogens with zero attached hydrogens (tertiary/aromatic N) is 1. The highest BCUT2D eigenvalue weighted by Gasteiger charge is 2.38. The van der Waals surface area contributed by atoms with Crippen LogP contribution in [0.1, 0.15) is 38.3 Å². The highest BCUT2D eigenvalue weighted by molar-refractivity contribution is 5.21. The molecule has 1 fully saturated rings. The van der Waals surface area contributed by atoms with Gasteiger partial charge in [0.25, 0.3) is 0 Å². The quantitative estimate of drug-likeness (QED) is 0.885. The molecular formula is C15H20N2O. The maximum absolute atomic E-state index is 9.00. The van der Waals surface area contributed by atoms with E-state index in [1.165, 1.54) is 5.56 Å². The molecule has 0 amide bonds. The van der Waals surface area contributed by atoms with E-state index in [4.69, 9.17) is 10.00 Å². The van der Waals surface area contributed by atoms with Crippen LogP contribution in [0.5, 0.6) is 0 Å². The molecule has 1 aliphatic rings. The minimum Gasteiger partial charge on any atom is -0.377 e. The summed E-state index contributed by atoms with van der Waals surface area (Å²) in [5.41, 5.74) is 1.12. The molecule has 1 aliphatic heterocycles. The molecule has 1 aromatic rings. The lowest BCUT2D eigenvalue weighted by Crippen LogP contribution is -2.49. The van der Waals surface area contributed by atoms with E-state index < -0.39 is 0 Å². The Kier molecular flexibility index (Phi) is 4.00. The molecule has 0 spiro atoms. The van der Waals surface area contributed by atoms with Gasteiger partial charge in [-0.25, -0.2) is 0 Å². The normalized spacial score (nSPS) is 28.8. The van der Waals surface area contributed by atoms with E-state index in [0.29, 0.717) is 6.42 Å². The van der Waals surface area contributed by atoms with Gasteiger partial charge in [0.15, 0.2) is 0 Å². The second kappa shape index (κ2) is 5.51. The minimum absolute atomic E-state index is 0.0443. The summed E-state index contributed by atoms with van der Waals surface area (Å²) in [6.07, 6.45) is 1.65. The lowest BCUT2D eigenvalue weighted by atomic mass is 9.91. The van der Waals surface area contributed by atoms with Crippen LogP contribution < -0.4 is 5.32 Å². The van der Waals surface area contributed by atoms with Crippen molar-refractivity contribution in [2.45, 2.75) is 44.4 Å². The molecule has 1 heterocycles. The second-order valence-electron chi connectivity index (χ2n) is 5.15. The minimum atomic E-state index is -0.0443. The van der Waals surface area contributed by atoms with Crippen molar-refractivity contribution in [2.75, 3.05) is 6.61 Å². The van der Waals surface area contributed by atoms with Crippen LogP contribution in [0.25, 0.3) is 0 Å². The van der Waals surface area contributed by atoms with Crippen LogP contribution in [-0.4, -0.2) is 18.2 Å². The fraction of sp³-hybridized carbons (Fsp3) is 0.533. The Morgan fingerprint density at radius 1 is 1.50 bits per heavy atom. The van der Waals surface area contributed by atoms with Crippen molar-refractivity contribution in [3.05, 3.63) is 35.9 Å². The van der Waals surface area contributed by atoms with Crippen LogP contribution in [0.4, 0.5) is 0 Å². The Balaban J connectivity index is 2.15. The van der Waals surface area contributed by atoms with Gasteiger partial charge < -0.3 is 10.1 Å². The van der Waals surface area contributed by atoms with Gasteiger partial charge in [-0.15, -0.1) is 0 Å². The molecule has 3 heteroatoms. The van der Waals surface area contributed by atoms with Crippen molar-refractivity contribution in [2.24, 2.45) is 0 Å². The van der Waals surface area contributed by atoms with Crippen molar-refractivity contribution in [1.82, 2.24) is 5.32 Å². The van der Waals surface area contributed by atoms with E-state index >= 15 is 0 Å². The van der Waals surface area contributed by atoms with E-state index in [0.717, 1.165) is 13.0 Å². The van der Waals surface area contributed by atoms with E-state index in [1.807, 2.05) is 18.2 Å². The number of hydrogen-bond donors (Lipinski definition) is 1. The molecule has 0 aromatic heterocycles. The Hall–Kier alpha value is -1.37. The second-order valence-corrected chi connectivity index (χ2v) is 5.15. The van der Waals surface area contributed by atoms with Gasteiger partial charge in [0.1, 0.15) is 0 Å². The molecule has 3 atom stereocenters. The third-order valence-corrected chi connectivity index (χ3v) is 3.89. The summed E-state index contributed by atoms with van der Waals surface area (Å²) in [6, 6.07) is 12.5. The molecule has 2 rings (SSSR count). The predicted molar refractivity (Wildman–Crippen MR) is 71.0 cm³/mol. The van der Waals surface area contributed by atoms with Crippen LogP contribution in [0.15, 0.2) is 30.3 Å². The molecule has 1 saturated heterocycles. The number of benzene rings is 1. The molecule has 1 N–H and O–H groups in total. The average molecular weight is 244 g/mol. The van der Waals surface area contributed by atoms with Crippen molar-refractivity contribution < 1.29 is 4.74 Å². The smallest absolute Gasteiger partial charge is 0.0726 e. The summed E-state index contributed by atoms with van der Waals surface area (Å²) < 4.78 is 5.64. The van der Waals surface area contributed by atoms with Crippen LogP contribution in [0, 0.1) is 11.3 Å². The summed E-state index contributed by atoms with van der Waals surface area (Å²) >= 11 is 0. The Labute approximate surface area is 109 Å². The number of rotatable bonds is 4. The number of nitriles is 1. The molecule has 18 heavy (non-hydrogen) atoms. The standard InChI is InChI=1S/C15H20N2O/c1-12-15(2,9-11-18-12)17-14(8-10-16)13-6-4-3-5-7-13/h3-7,12,14,17H,8-9,11H2,1-2H3. The molecule has 0 radical (unpaired) electrons. The van der Waals surface area contributed by atoms with Gasteiger partial charge >= 0.3 is 0 Å². The Bertz CT molecular complexity index is 426. The number of nitrogens with one attached hydrogen (secondary N) is 1. The fourth-order valence-electron chi connectivity index (χ4n) is 2.45. The van der Waals surface area contributed by atoms with Gasteiger partial charge in [-0.3, -0.25) is 0 Å². The van der Waals surface area contributed by atoms with Crippen molar-refractivity contribution in [3.63, 3.8) is 0 Å². The van der Waals surface area contributed by atoms with Gasteiger partial charge in [-0.05, 0) is 25.8 Å². The Morgan fingerprint density at radius 3 is 2.78 bits per heavy atom. The van der Waals surface area contributed by atoms with Crippen molar-refractivity contribution in [1.29, 1.82) is 5.26 Å². The van der Waals surface area contributed by atoms with Gasteiger partial charge in [-0.1, -0.05) is 30.3 Å². The molecule has 1 aromatic carbocycles. The van der Waals surface area contributed by atoms with Crippen molar-refractivity contribution >= 4 is 0 Å². The van der Waals surface area contributed by atoms with E-state index in [1.54, 1.807) is 0 Å². The Morgan fingerprint density at radius 2 is 2.22 bits per heavy atom. The van der Waals surface area contributed by atoms with Crippen LogP contribution >= 0.6 is 0 Å². The zero-order valence-corrected chi connectivity index (χ0v) is 11.0. The summed E-state index contributed by atoms with van der Waals surface area (Å²) in [4.78, 5) is 0. The summed E-state index contributed by atoms with van der Waals surface area (Å²) in [5.74, 6) is 0. The third-order valence-electron chi connectivity index (χ3n) is 3.89. The van der Waals surface area contributed by atoms with Gasteiger partial charge in [-0.2, -0.15) is 5.26 Å². The zero-order valence-electron chi connectivity index (χ0n) is 11.0. The van der Waals surface area contributed by atoms with Crippen LogP contribution in [0.2, 0.25) is 0 Å². The SMILES string of the molecule is CC1OCCC1(C)NC(CC#N)c1ccccc1. The summed E-state index contributed by atoms with van der Waals surface area (Å²) in [5, 5.41) is 12.6. The maximum atomic E-state index is 9.00. The molecule has 0 saturated carbocycles. The van der Waals surface area contributed by atoms with Crippen molar-refractivity contribution in [3.8, 4) is 6.07 Å². The van der Waals surface area contributed by atoms with E-state index in [-0.39, 0.29) is 17.7 Å². The zero-order chi connectivity index (χ0) is 13.0. The maximum Gasteiger partial charge on any atom is 0.0726 e. The van der Waals surface area contributed by atoms with Gasteiger partial charge in [0.2, 0.25) is 0 Å². The first-order valence-corrected chi connectivity index (χ1v) is 6.47. The molecule has 96 valence electrons. The monoisotopic (exact) mass is 244 g/mol. The number of hydrogen-bond acceptors (Lipinski definition) is 3. The molecule has 3 unspecified atom stereocenters. The largest absolute Gasteiger partial charge is 0.377 e. The highest BCUT2D eigenvalue weighted by Crippen LogP contribution is 2.29. The predicted octanol–water partition coefficient (Wildman–Crippen LogP) is 2.80. The first-order chi connectivity index (χ1) is 8.65. The number of ether oxygens (including phenoxy) is 1. The molecule has 0 bridgehead atoms. The van der Waals surface area contributed by atoms with Gasteiger partial charge in [0.05, 0.1) is 18.6 Å². The molecular weight excluding hydrogens is 224 g/mol. The van der Waals surface area contributed by atoms with Crippen LogP contribution in [-0.2, 0) is 4.74 Å².